The molecule has 1 aliphatic heterocycles. The largest absolute Gasteiger partial charge is 0.490 e. The van der Waals surface area contributed by atoms with Gasteiger partial charge in [-0.2, -0.15) is 0 Å². The van der Waals surface area contributed by atoms with Gasteiger partial charge in [-0.25, -0.2) is 9.69 Å². The molecule has 8 heteroatoms. The van der Waals surface area contributed by atoms with Crippen LogP contribution in [0.5, 0.6) is 11.5 Å². The fraction of sp³-hybridized carbons (Fsp3) is 0.227. The molecular weight excluding hydrogens is 408 g/mol. The molecule has 7 nitrogen and oxygen atoms in total. The lowest BCUT2D eigenvalue weighted by Crippen LogP contribution is -2.54. The highest BCUT2D eigenvalue weighted by Gasteiger charge is 2.36. The highest BCUT2D eigenvalue weighted by atomic mass is 35.5. The molecule has 0 bridgehead atoms. The average Bonchev–Trinajstić information content (AvgIpc) is 2.71. The first-order valence-corrected chi connectivity index (χ1v) is 9.89. The third kappa shape index (κ3) is 4.46. The summed E-state index contributed by atoms with van der Waals surface area (Å²) >= 11 is 6.36. The molecule has 1 aliphatic rings. The summed E-state index contributed by atoms with van der Waals surface area (Å²) in [6.07, 6.45) is 2.17. The number of para-hydroxylation sites is 1. The monoisotopic (exact) mass is 428 g/mol. The van der Waals surface area contributed by atoms with Gasteiger partial charge in [-0.1, -0.05) is 36.7 Å². The van der Waals surface area contributed by atoms with Crippen LogP contribution < -0.4 is 19.7 Å². The third-order valence-electron chi connectivity index (χ3n) is 4.21. The maximum atomic E-state index is 12.9. The lowest BCUT2D eigenvalue weighted by atomic mass is 10.1. The van der Waals surface area contributed by atoms with Crippen molar-refractivity contribution >= 4 is 41.2 Å². The summed E-state index contributed by atoms with van der Waals surface area (Å²) in [5, 5.41) is 2.48. The number of ether oxygens (including phenoxy) is 2. The van der Waals surface area contributed by atoms with Crippen LogP contribution >= 0.6 is 11.6 Å². The molecule has 0 atom stereocenters. The molecule has 4 amide bonds. The van der Waals surface area contributed by atoms with Gasteiger partial charge in [-0.3, -0.25) is 14.9 Å². The zero-order chi connectivity index (χ0) is 21.7. The van der Waals surface area contributed by atoms with Crippen LogP contribution in [0.15, 0.2) is 48.0 Å². The van der Waals surface area contributed by atoms with E-state index < -0.39 is 17.8 Å². The van der Waals surface area contributed by atoms with Gasteiger partial charge in [-0.05, 0) is 49.2 Å². The van der Waals surface area contributed by atoms with Crippen LogP contribution in [0.4, 0.5) is 10.5 Å². The van der Waals surface area contributed by atoms with E-state index in [1.165, 1.54) is 6.08 Å². The molecule has 0 spiro atoms. The topological polar surface area (TPSA) is 84.9 Å². The fourth-order valence-corrected chi connectivity index (χ4v) is 3.19. The molecule has 30 heavy (non-hydrogen) atoms. The molecule has 2 aromatic carbocycles. The van der Waals surface area contributed by atoms with E-state index in [9.17, 15) is 14.4 Å². The van der Waals surface area contributed by atoms with Gasteiger partial charge in [0.15, 0.2) is 11.5 Å². The first kappa shape index (κ1) is 21.4. The number of hydrogen-bond acceptors (Lipinski definition) is 5. The van der Waals surface area contributed by atoms with Gasteiger partial charge in [0.05, 0.1) is 23.9 Å². The van der Waals surface area contributed by atoms with Crippen molar-refractivity contribution in [2.75, 3.05) is 18.1 Å². The average molecular weight is 429 g/mol. The standard InChI is InChI=1S/C22H21ClN2O5/c1-3-10-30-19-17(23)12-14(13-18(19)29-4-2)11-16-20(26)24-22(28)25(21(16)27)15-8-6-5-7-9-15/h5-9,11-13H,3-4,10H2,1-2H3,(H,24,26,28)/b16-11+. The molecule has 1 N–H and O–H groups in total. The van der Waals surface area contributed by atoms with Crippen molar-refractivity contribution in [2.24, 2.45) is 0 Å². The minimum absolute atomic E-state index is 0.195. The molecular formula is C22H21ClN2O5. The number of hydrogen-bond donors (Lipinski definition) is 1. The molecule has 156 valence electrons. The van der Waals surface area contributed by atoms with Crippen LogP contribution in [0.3, 0.4) is 0 Å². The predicted octanol–water partition coefficient (Wildman–Crippen LogP) is 4.19. The van der Waals surface area contributed by atoms with Crippen molar-refractivity contribution in [1.82, 2.24) is 5.32 Å². The van der Waals surface area contributed by atoms with Gasteiger partial charge in [-0.15, -0.1) is 0 Å². The third-order valence-corrected chi connectivity index (χ3v) is 4.49. The Balaban J connectivity index is 2.01. The van der Waals surface area contributed by atoms with Crippen molar-refractivity contribution in [3.63, 3.8) is 0 Å². The van der Waals surface area contributed by atoms with Crippen LogP contribution in [0.2, 0.25) is 5.02 Å². The Kier molecular flexibility index (Phi) is 6.74. The number of barbiturate groups is 1. The SMILES string of the molecule is CCCOc1c(Cl)cc(/C=C2\C(=O)NC(=O)N(c3ccccc3)C2=O)cc1OCC. The summed E-state index contributed by atoms with van der Waals surface area (Å²) in [6, 6.07) is 10.8. The second kappa shape index (κ2) is 9.45. The number of halogens is 1. The van der Waals surface area contributed by atoms with E-state index in [1.54, 1.807) is 42.5 Å². The minimum Gasteiger partial charge on any atom is -0.490 e. The number of benzene rings is 2. The van der Waals surface area contributed by atoms with Crippen LogP contribution in [-0.4, -0.2) is 31.1 Å². The Morgan fingerprint density at radius 2 is 1.80 bits per heavy atom. The van der Waals surface area contributed by atoms with Gasteiger partial charge in [0, 0.05) is 0 Å². The number of anilines is 1. The lowest BCUT2D eigenvalue weighted by molar-refractivity contribution is -0.122. The van der Waals surface area contributed by atoms with Crippen LogP contribution in [0, 0.1) is 0 Å². The smallest absolute Gasteiger partial charge is 0.335 e. The van der Waals surface area contributed by atoms with Crippen molar-refractivity contribution in [2.45, 2.75) is 20.3 Å². The molecule has 0 aromatic heterocycles. The molecule has 2 aromatic rings. The van der Waals surface area contributed by atoms with Crippen molar-refractivity contribution in [1.29, 1.82) is 0 Å². The molecule has 0 saturated carbocycles. The maximum absolute atomic E-state index is 12.9. The number of carbonyl (C=O) groups is 3. The van der Waals surface area contributed by atoms with Gasteiger partial charge >= 0.3 is 6.03 Å². The Labute approximate surface area is 179 Å². The Hall–Kier alpha value is -3.32. The molecule has 1 heterocycles. The van der Waals surface area contributed by atoms with E-state index in [1.807, 2.05) is 13.8 Å². The number of imide groups is 2. The van der Waals surface area contributed by atoms with E-state index in [2.05, 4.69) is 5.32 Å². The number of nitrogens with one attached hydrogen (secondary N) is 1. The highest BCUT2D eigenvalue weighted by molar-refractivity contribution is 6.39. The number of rotatable bonds is 7. The van der Waals surface area contributed by atoms with E-state index in [-0.39, 0.29) is 5.57 Å². The predicted molar refractivity (Wildman–Crippen MR) is 114 cm³/mol. The first-order valence-electron chi connectivity index (χ1n) is 9.51. The maximum Gasteiger partial charge on any atom is 0.335 e. The molecule has 0 aliphatic carbocycles. The zero-order valence-corrected chi connectivity index (χ0v) is 17.4. The van der Waals surface area contributed by atoms with E-state index in [0.717, 1.165) is 11.3 Å². The number of amides is 4. The van der Waals surface area contributed by atoms with Crippen LogP contribution in [0.1, 0.15) is 25.8 Å². The minimum atomic E-state index is -0.801. The van der Waals surface area contributed by atoms with Gasteiger partial charge in [0.2, 0.25) is 0 Å². The normalized spacial score (nSPS) is 15.4. The van der Waals surface area contributed by atoms with E-state index in [4.69, 9.17) is 21.1 Å². The highest BCUT2D eigenvalue weighted by Crippen LogP contribution is 2.37. The fourth-order valence-electron chi connectivity index (χ4n) is 2.91. The zero-order valence-electron chi connectivity index (χ0n) is 16.6. The second-order valence-corrected chi connectivity index (χ2v) is 6.81. The number of urea groups is 1. The Bertz CT molecular complexity index is 1000. The first-order chi connectivity index (χ1) is 14.5. The second-order valence-electron chi connectivity index (χ2n) is 6.40. The molecule has 1 fully saturated rings. The molecule has 1 saturated heterocycles. The van der Waals surface area contributed by atoms with E-state index in [0.29, 0.717) is 41.0 Å². The number of carbonyl (C=O) groups excluding carboxylic acids is 3. The van der Waals surface area contributed by atoms with Crippen molar-refractivity contribution < 1.29 is 23.9 Å². The summed E-state index contributed by atoms with van der Waals surface area (Å²) < 4.78 is 11.3. The Morgan fingerprint density at radius 1 is 1.07 bits per heavy atom. The van der Waals surface area contributed by atoms with E-state index >= 15 is 0 Å². The van der Waals surface area contributed by atoms with Crippen molar-refractivity contribution in [3.05, 3.63) is 58.6 Å². The molecule has 0 radical (unpaired) electrons. The summed E-state index contributed by atoms with van der Waals surface area (Å²) in [6.45, 7) is 4.65. The van der Waals surface area contributed by atoms with Gasteiger partial charge in [0.1, 0.15) is 5.57 Å². The summed E-state index contributed by atoms with van der Waals surface area (Å²) in [4.78, 5) is 38.5. The van der Waals surface area contributed by atoms with Crippen molar-refractivity contribution in [3.8, 4) is 11.5 Å². The summed E-state index contributed by atoms with van der Waals surface area (Å²) in [5.41, 5.74) is 0.627. The van der Waals surface area contributed by atoms with Crippen LogP contribution in [0.25, 0.3) is 6.08 Å². The molecule has 0 unspecified atom stereocenters. The summed E-state index contributed by atoms with van der Waals surface area (Å²) in [7, 11) is 0. The summed E-state index contributed by atoms with van der Waals surface area (Å²) in [5.74, 6) is -0.694. The quantitative estimate of drug-likeness (QED) is 0.528. The number of nitrogens with zero attached hydrogens (tertiary/aromatic N) is 1. The Morgan fingerprint density at radius 3 is 2.47 bits per heavy atom. The van der Waals surface area contributed by atoms with Gasteiger partial charge in [0.25, 0.3) is 11.8 Å². The molecule has 3 rings (SSSR count). The lowest BCUT2D eigenvalue weighted by Gasteiger charge is -2.26. The van der Waals surface area contributed by atoms with Gasteiger partial charge < -0.3 is 9.47 Å². The van der Waals surface area contributed by atoms with Crippen LogP contribution in [-0.2, 0) is 9.59 Å².